The van der Waals surface area contributed by atoms with Crippen LogP contribution in [0.5, 0.6) is 0 Å². The van der Waals surface area contributed by atoms with E-state index in [-0.39, 0.29) is 29.5 Å². The van der Waals surface area contributed by atoms with Gasteiger partial charge in [0.25, 0.3) is 5.56 Å². The maximum Gasteiger partial charge on any atom is 0.250 e. The van der Waals surface area contributed by atoms with Crippen LogP contribution in [0.15, 0.2) is 71.1 Å². The van der Waals surface area contributed by atoms with Crippen LogP contribution in [-0.4, -0.2) is 24.1 Å². The summed E-state index contributed by atoms with van der Waals surface area (Å²) in [5, 5.41) is 6.36. The minimum absolute atomic E-state index is 0. The summed E-state index contributed by atoms with van der Waals surface area (Å²) < 4.78 is 1.69. The van der Waals surface area contributed by atoms with Crippen molar-refractivity contribution in [3.63, 3.8) is 0 Å². The maximum atomic E-state index is 11.7. The predicted octanol–water partition coefficient (Wildman–Crippen LogP) is 2.37. The number of benzene rings is 1. The average Bonchev–Trinajstić information content (AvgIpc) is 2.58. The summed E-state index contributed by atoms with van der Waals surface area (Å²) in [7, 11) is 1.74. The zero-order valence-electron chi connectivity index (χ0n) is 13.7. The summed E-state index contributed by atoms with van der Waals surface area (Å²) in [6.45, 7) is 5.60. The Morgan fingerprint density at radius 3 is 2.50 bits per heavy atom. The second kappa shape index (κ2) is 10.6. The number of nitrogens with zero attached hydrogens (tertiary/aromatic N) is 2. The lowest BCUT2D eigenvalue weighted by atomic mass is 10.1. The van der Waals surface area contributed by atoms with E-state index in [1.165, 1.54) is 0 Å². The van der Waals surface area contributed by atoms with E-state index >= 15 is 0 Å². The van der Waals surface area contributed by atoms with Crippen LogP contribution in [0.3, 0.4) is 0 Å². The molecule has 0 saturated heterocycles. The van der Waals surface area contributed by atoms with Gasteiger partial charge in [0.05, 0.1) is 6.54 Å². The molecule has 0 aliphatic carbocycles. The number of halogens is 1. The number of aliphatic imine (C=N–C) groups is 1. The number of hydrogen-bond donors (Lipinski definition) is 2. The highest BCUT2D eigenvalue weighted by Gasteiger charge is 2.00. The van der Waals surface area contributed by atoms with Crippen molar-refractivity contribution in [2.45, 2.75) is 13.1 Å². The second-order valence-electron chi connectivity index (χ2n) is 5.08. The molecule has 0 bridgehead atoms. The van der Waals surface area contributed by atoms with Crippen molar-refractivity contribution < 1.29 is 0 Å². The van der Waals surface area contributed by atoms with Crippen molar-refractivity contribution in [2.24, 2.45) is 4.99 Å². The third kappa shape index (κ3) is 6.19. The number of rotatable bonds is 6. The topological polar surface area (TPSA) is 58.4 Å². The van der Waals surface area contributed by atoms with Gasteiger partial charge in [-0.25, -0.2) is 0 Å². The van der Waals surface area contributed by atoms with E-state index < -0.39 is 0 Å². The van der Waals surface area contributed by atoms with Crippen LogP contribution in [0.1, 0.15) is 11.1 Å². The fraction of sp³-hybridized carbons (Fsp3) is 0.222. The predicted molar refractivity (Wildman–Crippen MR) is 110 cm³/mol. The standard InChI is InChI=1S/C18H22N4O.HI/c1-3-11-20-18(19-2)21-13-15-7-9-16(10-8-15)14-22-12-5-4-6-17(22)23;/h3-10,12H,1,11,13-14H2,2H3,(H2,19,20,21);1H. The molecule has 6 heteroatoms. The van der Waals surface area contributed by atoms with E-state index in [4.69, 9.17) is 0 Å². The third-order valence-electron chi connectivity index (χ3n) is 3.37. The number of nitrogens with one attached hydrogen (secondary N) is 2. The van der Waals surface area contributed by atoms with Crippen molar-refractivity contribution in [2.75, 3.05) is 13.6 Å². The molecule has 1 aromatic heterocycles. The van der Waals surface area contributed by atoms with Gasteiger partial charge in [0, 0.05) is 32.4 Å². The summed E-state index contributed by atoms with van der Waals surface area (Å²) in [6.07, 6.45) is 3.58. The molecule has 2 aromatic rings. The van der Waals surface area contributed by atoms with Crippen molar-refractivity contribution in [3.8, 4) is 0 Å². The minimum Gasteiger partial charge on any atom is -0.353 e. The highest BCUT2D eigenvalue weighted by molar-refractivity contribution is 14.0. The first-order chi connectivity index (χ1) is 11.2. The Bertz CT molecular complexity index is 722. The normalized spacial score (nSPS) is 10.6. The highest BCUT2D eigenvalue weighted by atomic mass is 127. The van der Waals surface area contributed by atoms with Gasteiger partial charge in [-0.15, -0.1) is 30.6 Å². The van der Waals surface area contributed by atoms with Crippen LogP contribution >= 0.6 is 24.0 Å². The molecule has 24 heavy (non-hydrogen) atoms. The fourth-order valence-electron chi connectivity index (χ4n) is 2.13. The largest absolute Gasteiger partial charge is 0.353 e. The van der Waals surface area contributed by atoms with Crippen molar-refractivity contribution in [3.05, 3.63) is 82.8 Å². The SMILES string of the molecule is C=CCNC(=NC)NCc1ccc(Cn2ccccc2=O)cc1.I. The Morgan fingerprint density at radius 1 is 1.17 bits per heavy atom. The molecule has 128 valence electrons. The molecule has 0 saturated carbocycles. The fourth-order valence-corrected chi connectivity index (χ4v) is 2.13. The Kier molecular flexibility index (Phi) is 8.85. The van der Waals surface area contributed by atoms with Gasteiger partial charge in [0.1, 0.15) is 0 Å². The Balaban J connectivity index is 0.00000288. The van der Waals surface area contributed by atoms with Gasteiger partial charge in [-0.1, -0.05) is 36.4 Å². The van der Waals surface area contributed by atoms with Crippen molar-refractivity contribution in [1.82, 2.24) is 15.2 Å². The van der Waals surface area contributed by atoms with Crippen LogP contribution in [0, 0.1) is 0 Å². The minimum atomic E-state index is 0. The van der Waals surface area contributed by atoms with Gasteiger partial charge in [-0.05, 0) is 17.2 Å². The van der Waals surface area contributed by atoms with E-state index in [9.17, 15) is 4.79 Å². The van der Waals surface area contributed by atoms with Gasteiger partial charge in [0.15, 0.2) is 5.96 Å². The summed E-state index contributed by atoms with van der Waals surface area (Å²) in [6, 6.07) is 13.4. The molecule has 0 fully saturated rings. The number of pyridine rings is 1. The van der Waals surface area contributed by atoms with Gasteiger partial charge >= 0.3 is 0 Å². The molecule has 5 nitrogen and oxygen atoms in total. The highest BCUT2D eigenvalue weighted by Crippen LogP contribution is 2.05. The van der Waals surface area contributed by atoms with Crippen molar-refractivity contribution in [1.29, 1.82) is 0 Å². The molecular formula is C18H23IN4O. The van der Waals surface area contributed by atoms with Gasteiger partial charge in [0.2, 0.25) is 0 Å². The van der Waals surface area contributed by atoms with Crippen molar-refractivity contribution >= 4 is 29.9 Å². The van der Waals surface area contributed by atoms with Crippen LogP contribution in [-0.2, 0) is 13.1 Å². The van der Waals surface area contributed by atoms with Crippen LogP contribution in [0.2, 0.25) is 0 Å². The maximum absolute atomic E-state index is 11.7. The Morgan fingerprint density at radius 2 is 1.88 bits per heavy atom. The summed E-state index contributed by atoms with van der Waals surface area (Å²) >= 11 is 0. The van der Waals surface area contributed by atoms with Gasteiger partial charge in [-0.2, -0.15) is 0 Å². The molecule has 1 heterocycles. The number of guanidine groups is 1. The third-order valence-corrected chi connectivity index (χ3v) is 3.37. The van der Waals surface area contributed by atoms with E-state index in [1.54, 1.807) is 36.0 Å². The zero-order chi connectivity index (χ0) is 16.5. The van der Waals surface area contributed by atoms with E-state index in [2.05, 4.69) is 34.3 Å². The molecular weight excluding hydrogens is 415 g/mol. The number of aromatic nitrogens is 1. The lowest BCUT2D eigenvalue weighted by Gasteiger charge is -2.11. The Labute approximate surface area is 159 Å². The molecule has 0 atom stereocenters. The summed E-state index contributed by atoms with van der Waals surface area (Å²) in [5.74, 6) is 0.741. The molecule has 0 spiro atoms. The molecule has 0 amide bonds. The molecule has 0 aliphatic heterocycles. The second-order valence-corrected chi connectivity index (χ2v) is 5.08. The zero-order valence-corrected chi connectivity index (χ0v) is 16.1. The van der Waals surface area contributed by atoms with Crippen LogP contribution in [0.25, 0.3) is 0 Å². The smallest absolute Gasteiger partial charge is 0.250 e. The summed E-state index contributed by atoms with van der Waals surface area (Å²) in [5.41, 5.74) is 2.25. The van der Waals surface area contributed by atoms with E-state index in [1.807, 2.05) is 18.2 Å². The molecule has 0 radical (unpaired) electrons. The molecule has 2 N–H and O–H groups in total. The quantitative estimate of drug-likeness (QED) is 0.315. The monoisotopic (exact) mass is 438 g/mol. The molecule has 0 unspecified atom stereocenters. The Hall–Kier alpha value is -2.09. The average molecular weight is 438 g/mol. The lowest BCUT2D eigenvalue weighted by Crippen LogP contribution is -2.36. The molecule has 0 aliphatic rings. The van der Waals surface area contributed by atoms with E-state index in [0.717, 1.165) is 17.1 Å². The lowest BCUT2D eigenvalue weighted by molar-refractivity contribution is 0.758. The summed E-state index contributed by atoms with van der Waals surface area (Å²) in [4.78, 5) is 15.8. The van der Waals surface area contributed by atoms with Gasteiger partial charge < -0.3 is 15.2 Å². The van der Waals surface area contributed by atoms with Crippen LogP contribution in [0.4, 0.5) is 0 Å². The first-order valence-electron chi connectivity index (χ1n) is 7.51. The first kappa shape index (κ1) is 20.0. The molecule has 2 rings (SSSR count). The molecule has 1 aromatic carbocycles. The first-order valence-corrected chi connectivity index (χ1v) is 7.51. The van der Waals surface area contributed by atoms with Crippen LogP contribution < -0.4 is 16.2 Å². The van der Waals surface area contributed by atoms with Gasteiger partial charge in [-0.3, -0.25) is 9.79 Å². The number of hydrogen-bond acceptors (Lipinski definition) is 2. The van der Waals surface area contributed by atoms with E-state index in [0.29, 0.717) is 19.6 Å².